The first-order valence-corrected chi connectivity index (χ1v) is 5.97. The third kappa shape index (κ3) is 2.72. The topological polar surface area (TPSA) is 66.8 Å². The lowest BCUT2D eigenvalue weighted by Crippen LogP contribution is -2.38. The minimum atomic E-state index is -0.901. The first kappa shape index (κ1) is 13.5. The van der Waals surface area contributed by atoms with Crippen molar-refractivity contribution in [1.82, 2.24) is 4.90 Å². The summed E-state index contributed by atoms with van der Waals surface area (Å²) in [4.78, 5) is 25.1. The van der Waals surface area contributed by atoms with E-state index in [9.17, 15) is 14.7 Å². The van der Waals surface area contributed by atoms with Crippen LogP contribution in [0.25, 0.3) is 0 Å². The first-order chi connectivity index (χ1) is 9.15. The summed E-state index contributed by atoms with van der Waals surface area (Å²) in [6.07, 6.45) is 0.663. The van der Waals surface area contributed by atoms with Gasteiger partial charge in [-0.25, -0.2) is 0 Å². The van der Waals surface area contributed by atoms with Gasteiger partial charge in [0.1, 0.15) is 0 Å². The van der Waals surface area contributed by atoms with E-state index in [1.165, 1.54) is 0 Å². The maximum absolute atomic E-state index is 12.0. The molecule has 0 radical (unpaired) electrons. The third-order valence-electron chi connectivity index (χ3n) is 2.82. The average Bonchev–Trinajstić information content (AvgIpc) is 2.65. The van der Waals surface area contributed by atoms with E-state index in [0.717, 1.165) is 4.90 Å². The van der Waals surface area contributed by atoms with Gasteiger partial charge >= 0.3 is 0 Å². The van der Waals surface area contributed by atoms with Gasteiger partial charge in [0, 0.05) is 0 Å². The minimum absolute atomic E-state index is 0.0550. The number of amides is 2. The number of imide groups is 1. The molecule has 0 aromatic heterocycles. The molecule has 2 amide bonds. The molecule has 1 heterocycles. The van der Waals surface area contributed by atoms with Crippen LogP contribution >= 0.6 is 0 Å². The number of carbonyl (C=O) groups is 2. The summed E-state index contributed by atoms with van der Waals surface area (Å²) >= 11 is 0. The van der Waals surface area contributed by atoms with Crippen LogP contribution in [0, 0.1) is 0 Å². The zero-order valence-corrected chi connectivity index (χ0v) is 10.4. The second-order valence-electron chi connectivity index (χ2n) is 4.25. The lowest BCUT2D eigenvalue weighted by Gasteiger charge is -2.18. The summed E-state index contributed by atoms with van der Waals surface area (Å²) in [6.45, 7) is 3.79. The number of rotatable bonds is 6. The van der Waals surface area contributed by atoms with Crippen molar-refractivity contribution in [3.05, 3.63) is 48.0 Å². The fourth-order valence-corrected chi connectivity index (χ4v) is 1.96. The number of hydrogen-bond acceptors (Lipinski definition) is 4. The fraction of sp³-hybridized carbons (Fsp3) is 0.286. The Morgan fingerprint density at radius 2 is 1.84 bits per heavy atom. The first-order valence-electron chi connectivity index (χ1n) is 5.97. The van der Waals surface area contributed by atoms with E-state index in [1.54, 1.807) is 30.3 Å². The molecule has 1 aromatic rings. The molecule has 1 N–H and O–H groups in total. The summed E-state index contributed by atoms with van der Waals surface area (Å²) in [7, 11) is 0. The summed E-state index contributed by atoms with van der Waals surface area (Å²) in [5.74, 6) is -0.744. The Morgan fingerprint density at radius 1 is 1.26 bits per heavy atom. The highest BCUT2D eigenvalue weighted by atomic mass is 16.5. The SMILES string of the molecule is C=CCOC[C@@H](O)CN1C(=O)c2ccccc2C1=O. The van der Waals surface area contributed by atoms with Gasteiger partial charge in [0.15, 0.2) is 0 Å². The molecule has 0 spiro atoms. The van der Waals surface area contributed by atoms with Gasteiger partial charge in [-0.3, -0.25) is 14.5 Å². The number of carbonyl (C=O) groups excluding carboxylic acids is 2. The highest BCUT2D eigenvalue weighted by Crippen LogP contribution is 2.22. The van der Waals surface area contributed by atoms with Gasteiger partial charge in [0.05, 0.1) is 37.0 Å². The third-order valence-corrected chi connectivity index (χ3v) is 2.82. The molecule has 0 saturated carbocycles. The smallest absolute Gasteiger partial charge is 0.261 e. The Kier molecular flexibility index (Phi) is 4.09. The number of ether oxygens (including phenoxy) is 1. The molecule has 0 bridgehead atoms. The quantitative estimate of drug-likeness (QED) is 0.468. The van der Waals surface area contributed by atoms with E-state index in [4.69, 9.17) is 4.74 Å². The molecule has 0 aliphatic carbocycles. The molecule has 1 aromatic carbocycles. The number of nitrogens with zero attached hydrogens (tertiary/aromatic N) is 1. The highest BCUT2D eigenvalue weighted by Gasteiger charge is 2.35. The molecular formula is C14H15NO4. The fourth-order valence-electron chi connectivity index (χ4n) is 1.96. The molecule has 2 rings (SSSR count). The van der Waals surface area contributed by atoms with Gasteiger partial charge in [0.2, 0.25) is 0 Å². The molecule has 1 atom stereocenters. The number of β-amino-alcohol motifs (C(OH)–C–C–N with tert-alkyl or cyclic N) is 1. The van der Waals surface area contributed by atoms with E-state index in [1.807, 2.05) is 0 Å². The Labute approximate surface area is 111 Å². The molecule has 5 nitrogen and oxygen atoms in total. The lowest BCUT2D eigenvalue weighted by molar-refractivity contribution is 0.0249. The molecule has 19 heavy (non-hydrogen) atoms. The molecule has 1 aliphatic rings. The van der Waals surface area contributed by atoms with Crippen LogP contribution in [0.2, 0.25) is 0 Å². The van der Waals surface area contributed by atoms with Gasteiger partial charge < -0.3 is 9.84 Å². The van der Waals surface area contributed by atoms with E-state index in [-0.39, 0.29) is 25.0 Å². The standard InChI is InChI=1S/C14H15NO4/c1-2-7-19-9-10(16)8-15-13(17)11-5-3-4-6-12(11)14(15)18/h2-6,10,16H,1,7-9H2/t10-/m0/s1. The molecule has 5 heteroatoms. The average molecular weight is 261 g/mol. The molecule has 0 saturated heterocycles. The zero-order valence-electron chi connectivity index (χ0n) is 10.4. The molecule has 100 valence electrons. The monoisotopic (exact) mass is 261 g/mol. The normalized spacial score (nSPS) is 15.5. The number of fused-ring (bicyclic) bond motifs is 1. The maximum Gasteiger partial charge on any atom is 0.261 e. The van der Waals surface area contributed by atoms with Crippen molar-refractivity contribution in [3.63, 3.8) is 0 Å². The lowest BCUT2D eigenvalue weighted by atomic mass is 10.1. The predicted molar refractivity (Wildman–Crippen MR) is 68.8 cm³/mol. The van der Waals surface area contributed by atoms with Crippen LogP contribution in [0.15, 0.2) is 36.9 Å². The Bertz CT molecular complexity index is 477. The number of aliphatic hydroxyl groups excluding tert-OH is 1. The molecule has 0 unspecified atom stereocenters. The van der Waals surface area contributed by atoms with Gasteiger partial charge in [-0.05, 0) is 12.1 Å². The second-order valence-corrected chi connectivity index (χ2v) is 4.25. The van der Waals surface area contributed by atoms with Crippen molar-refractivity contribution in [2.45, 2.75) is 6.10 Å². The Balaban J connectivity index is 2.02. The minimum Gasteiger partial charge on any atom is -0.389 e. The van der Waals surface area contributed by atoms with Crippen LogP contribution in [0.5, 0.6) is 0 Å². The van der Waals surface area contributed by atoms with Crippen LogP contribution in [-0.2, 0) is 4.74 Å². The van der Waals surface area contributed by atoms with Crippen molar-refractivity contribution in [3.8, 4) is 0 Å². The largest absolute Gasteiger partial charge is 0.389 e. The Morgan fingerprint density at radius 3 is 2.37 bits per heavy atom. The van der Waals surface area contributed by atoms with Crippen LogP contribution in [0.3, 0.4) is 0 Å². The van der Waals surface area contributed by atoms with Gasteiger partial charge in [-0.1, -0.05) is 18.2 Å². The van der Waals surface area contributed by atoms with E-state index >= 15 is 0 Å². The zero-order chi connectivity index (χ0) is 13.8. The van der Waals surface area contributed by atoms with Gasteiger partial charge in [0.25, 0.3) is 11.8 Å². The van der Waals surface area contributed by atoms with Crippen molar-refractivity contribution in [2.24, 2.45) is 0 Å². The van der Waals surface area contributed by atoms with E-state index in [0.29, 0.717) is 17.7 Å². The highest BCUT2D eigenvalue weighted by molar-refractivity contribution is 6.21. The van der Waals surface area contributed by atoms with Crippen molar-refractivity contribution >= 4 is 11.8 Å². The number of benzene rings is 1. The van der Waals surface area contributed by atoms with Gasteiger partial charge in [-0.15, -0.1) is 6.58 Å². The van der Waals surface area contributed by atoms with Crippen LogP contribution in [0.4, 0.5) is 0 Å². The van der Waals surface area contributed by atoms with Crippen LogP contribution in [0.1, 0.15) is 20.7 Å². The van der Waals surface area contributed by atoms with Gasteiger partial charge in [-0.2, -0.15) is 0 Å². The molecule has 1 aliphatic heterocycles. The van der Waals surface area contributed by atoms with Crippen molar-refractivity contribution in [2.75, 3.05) is 19.8 Å². The summed E-state index contributed by atoms with van der Waals surface area (Å²) in [5.41, 5.74) is 0.762. The summed E-state index contributed by atoms with van der Waals surface area (Å²) < 4.78 is 5.09. The maximum atomic E-state index is 12.0. The molecular weight excluding hydrogens is 246 g/mol. The van der Waals surface area contributed by atoms with Crippen LogP contribution < -0.4 is 0 Å². The van der Waals surface area contributed by atoms with Crippen molar-refractivity contribution in [1.29, 1.82) is 0 Å². The number of aliphatic hydroxyl groups is 1. The Hall–Kier alpha value is -1.98. The molecule has 0 fully saturated rings. The predicted octanol–water partition coefficient (Wildman–Crippen LogP) is 0.846. The number of hydrogen-bond donors (Lipinski definition) is 1. The summed E-state index contributed by atoms with van der Waals surface area (Å²) in [6, 6.07) is 6.63. The van der Waals surface area contributed by atoms with E-state index in [2.05, 4.69) is 6.58 Å². The van der Waals surface area contributed by atoms with Crippen LogP contribution in [-0.4, -0.2) is 47.7 Å². The van der Waals surface area contributed by atoms with Crippen molar-refractivity contribution < 1.29 is 19.4 Å². The second kappa shape index (κ2) is 5.77. The summed E-state index contributed by atoms with van der Waals surface area (Å²) in [5, 5.41) is 9.75. The van der Waals surface area contributed by atoms with E-state index < -0.39 is 6.10 Å².